The van der Waals surface area contributed by atoms with E-state index in [0.29, 0.717) is 6.20 Å². The van der Waals surface area contributed by atoms with Crippen LogP contribution in [0.4, 0.5) is 17.6 Å². The number of esters is 2. The zero-order chi connectivity index (χ0) is 32.4. The number of carbonyl (C=O) groups excluding carboxylic acids is 2. The molecule has 4 N–H and O–H groups in total. The molecule has 0 unspecified atom stereocenters. The van der Waals surface area contributed by atoms with Gasteiger partial charge in [0.2, 0.25) is 5.60 Å². The van der Waals surface area contributed by atoms with E-state index in [1.807, 2.05) is 0 Å². The highest BCUT2D eigenvalue weighted by Crippen LogP contribution is 2.53. The molecule has 0 aromatic carbocycles. The Bertz CT molecular complexity index is 1280. The lowest BCUT2D eigenvalue weighted by atomic mass is 9.95. The molecule has 240 valence electrons. The molecule has 1 aliphatic heterocycles. The van der Waals surface area contributed by atoms with E-state index in [1.54, 1.807) is 32.7 Å². The summed E-state index contributed by atoms with van der Waals surface area (Å²) in [7, 11) is 0. The number of aliphatic hydroxyl groups is 1. The molecule has 1 aromatic heterocycles. The second kappa shape index (κ2) is 13.8. The van der Waals surface area contributed by atoms with Crippen LogP contribution in [0.15, 0.2) is 15.8 Å². The first-order chi connectivity index (χ1) is 19.2. The number of aromatic nitrogens is 2. The molecule has 0 bridgehead atoms. The normalized spacial score (nSPS) is 23.8. The number of carbonyl (C=O) groups is 2. The average Bonchev–Trinajstić information content (AvgIpc) is 3.05. The lowest BCUT2D eigenvalue weighted by Crippen LogP contribution is -2.58. The van der Waals surface area contributed by atoms with Gasteiger partial charge < -0.3 is 23.8 Å². The summed E-state index contributed by atoms with van der Waals surface area (Å²) in [5.41, 5.74) is -6.41. The fraction of sp³-hybridized carbons (Fsp3) is 0.727. The first-order valence-corrected chi connectivity index (χ1v) is 15.5. The number of nitrogens with zero attached hydrogens (tertiary/aromatic N) is 1. The number of hydrogen-bond acceptors (Lipinski definition) is 10. The van der Waals surface area contributed by atoms with Gasteiger partial charge in [-0.3, -0.25) is 23.9 Å². The minimum atomic E-state index is -4.79. The maximum absolute atomic E-state index is 15.4. The van der Waals surface area contributed by atoms with Crippen molar-refractivity contribution in [1.82, 2.24) is 19.7 Å². The Labute approximate surface area is 247 Å². The molecule has 2 heterocycles. The Morgan fingerprint density at radius 1 is 1.12 bits per heavy atom. The Morgan fingerprint density at radius 2 is 1.60 bits per heavy atom. The number of halogens is 5. The highest BCUT2D eigenvalue weighted by molar-refractivity contribution is 8.10. The maximum atomic E-state index is 15.4. The van der Waals surface area contributed by atoms with Crippen LogP contribution in [-0.2, 0) is 40.1 Å². The first kappa shape index (κ1) is 36.3. The van der Waals surface area contributed by atoms with Crippen molar-refractivity contribution in [2.24, 2.45) is 0 Å². The van der Waals surface area contributed by atoms with E-state index >= 15 is 8.78 Å². The monoisotopic (exact) mass is 670 g/mol. The van der Waals surface area contributed by atoms with Crippen LogP contribution in [0.5, 0.6) is 0 Å². The molecule has 5 atom stereocenters. The van der Waals surface area contributed by atoms with Gasteiger partial charge in [0.15, 0.2) is 18.9 Å². The third-order valence-corrected chi connectivity index (χ3v) is 8.85. The van der Waals surface area contributed by atoms with Gasteiger partial charge in [0, 0.05) is 6.20 Å². The minimum absolute atomic E-state index is 0.215. The van der Waals surface area contributed by atoms with Crippen molar-refractivity contribution in [3.63, 3.8) is 0 Å². The number of aromatic amines is 1. The molecule has 1 fully saturated rings. The number of ether oxygens (including phenoxy) is 3. The predicted octanol–water partition coefficient (Wildman–Crippen LogP) is 1.82. The molecule has 13 nitrogen and oxygen atoms in total. The summed E-state index contributed by atoms with van der Waals surface area (Å²) >= 11 is 11.0. The number of rotatable bonds is 13. The molecular formula is C22H32ClF4N4O9PS. The summed E-state index contributed by atoms with van der Waals surface area (Å²) in [5.74, 6) is -6.52. The first-order valence-electron chi connectivity index (χ1n) is 12.4. The molecule has 1 aromatic rings. The lowest BCUT2D eigenvalue weighted by Gasteiger charge is -2.36. The van der Waals surface area contributed by atoms with Crippen LogP contribution >= 0.6 is 18.2 Å². The van der Waals surface area contributed by atoms with Gasteiger partial charge in [-0.05, 0) is 53.3 Å². The summed E-state index contributed by atoms with van der Waals surface area (Å²) in [6.45, 7) is 2.93. The summed E-state index contributed by atoms with van der Waals surface area (Å²) in [6, 6.07) is -2.57. The molecule has 2 rings (SSSR count). The van der Waals surface area contributed by atoms with Gasteiger partial charge in [-0.15, -0.1) is 0 Å². The van der Waals surface area contributed by atoms with Gasteiger partial charge in [-0.25, -0.2) is 23.7 Å². The number of nitrogens with one attached hydrogen (secondary N) is 3. The van der Waals surface area contributed by atoms with Crippen molar-refractivity contribution in [2.45, 2.75) is 96.1 Å². The molecule has 1 aliphatic rings. The van der Waals surface area contributed by atoms with E-state index in [9.17, 15) is 33.1 Å². The Kier molecular flexibility index (Phi) is 11.9. The zero-order valence-electron chi connectivity index (χ0n) is 23.2. The number of hydrogen-bond donors (Lipinski definition) is 4. The van der Waals surface area contributed by atoms with E-state index < -0.39 is 96.0 Å². The van der Waals surface area contributed by atoms with Crippen LogP contribution < -0.4 is 21.4 Å². The van der Waals surface area contributed by atoms with Crippen molar-refractivity contribution >= 4 is 41.9 Å². The van der Waals surface area contributed by atoms with Gasteiger partial charge in [-0.2, -0.15) is 8.78 Å². The summed E-state index contributed by atoms with van der Waals surface area (Å²) < 4.78 is 80.5. The second-order valence-corrected chi connectivity index (χ2v) is 13.7. The average molecular weight is 671 g/mol. The third kappa shape index (κ3) is 7.96. The van der Waals surface area contributed by atoms with Crippen molar-refractivity contribution in [1.29, 1.82) is 0 Å². The molecule has 42 heavy (non-hydrogen) atoms. The Hall–Kier alpha value is -1.92. The van der Waals surface area contributed by atoms with Crippen molar-refractivity contribution < 1.29 is 51.0 Å². The zero-order valence-corrected chi connectivity index (χ0v) is 25.7. The van der Waals surface area contributed by atoms with Gasteiger partial charge in [0.1, 0.15) is 17.1 Å². The largest absolute Gasteiger partial charge is 0.462 e. The van der Waals surface area contributed by atoms with Crippen molar-refractivity contribution in [3.05, 3.63) is 32.1 Å². The Morgan fingerprint density at radius 3 is 2.02 bits per heavy atom. The van der Waals surface area contributed by atoms with Crippen LogP contribution in [0.1, 0.15) is 47.8 Å². The smallest absolute Gasteiger partial charge is 0.330 e. The van der Waals surface area contributed by atoms with Crippen LogP contribution in [0, 0.1) is 0 Å². The van der Waals surface area contributed by atoms with E-state index in [0.717, 1.165) is 0 Å². The molecule has 0 saturated carbocycles. The molecular weight excluding hydrogens is 639 g/mol. The number of aliphatic hydroxyl groups excluding tert-OH is 1. The van der Waals surface area contributed by atoms with Gasteiger partial charge in [-0.1, -0.05) is 11.6 Å². The van der Waals surface area contributed by atoms with E-state index in [2.05, 4.69) is 10.2 Å². The summed E-state index contributed by atoms with van der Waals surface area (Å²) in [4.78, 5) is 50.3. The van der Waals surface area contributed by atoms with Crippen LogP contribution in [0.3, 0.4) is 0 Å². The van der Waals surface area contributed by atoms with Crippen molar-refractivity contribution in [2.75, 3.05) is 6.61 Å². The number of H-pyrrole nitrogens is 1. The summed E-state index contributed by atoms with van der Waals surface area (Å²) in [6.07, 6.45) is -10.2. The topological polar surface area (TPSA) is 170 Å². The number of alkyl halides is 4. The van der Waals surface area contributed by atoms with Crippen LogP contribution in [-0.4, -0.2) is 81.5 Å². The standard InChI is InChI=1S/C22H32ClF4N4O9PS/c1-9(2)38-17(34)11(5)29-41(42,30-12(6)18(35)39-10(3)4)37-8-21(19(24)25)22(26,27)14(32)16(40-21)31-7-13(23)15(33)28-20(31)36/h7,9-12,14,16,19,32H,8H2,1-6H3,(H,28,33,36)(H2,29,30,42)/t11-,12-,14-,16+,21-/m0/s1. The third-order valence-electron chi connectivity index (χ3n) is 5.69. The quantitative estimate of drug-likeness (QED) is 0.137. The fourth-order valence-corrected chi connectivity index (χ4v) is 6.71. The van der Waals surface area contributed by atoms with E-state index in [1.165, 1.54) is 13.8 Å². The SMILES string of the molecule is CC(C)OC(=O)[C@H](C)NP(=S)(N[C@@H](C)C(=O)OC(C)C)OC[C@@]1(C(F)F)O[C@@H](n2cc(Cl)c(=O)[nH]c2=O)[C@H](O)C1(F)F. The highest BCUT2D eigenvalue weighted by atomic mass is 35.5. The van der Waals surface area contributed by atoms with Crippen LogP contribution in [0.25, 0.3) is 0 Å². The molecule has 20 heteroatoms. The fourth-order valence-electron chi connectivity index (χ4n) is 3.62. The minimum Gasteiger partial charge on any atom is -0.462 e. The van der Waals surface area contributed by atoms with Gasteiger partial charge in [0.05, 0.1) is 18.8 Å². The molecule has 1 saturated heterocycles. The van der Waals surface area contributed by atoms with E-state index in [-0.39, 0.29) is 4.57 Å². The maximum Gasteiger partial charge on any atom is 0.330 e. The van der Waals surface area contributed by atoms with Crippen molar-refractivity contribution in [3.8, 4) is 0 Å². The molecule has 0 amide bonds. The molecule has 0 radical (unpaired) electrons. The predicted molar refractivity (Wildman–Crippen MR) is 144 cm³/mol. The summed E-state index contributed by atoms with van der Waals surface area (Å²) in [5, 5.41) is 14.7. The molecule has 0 spiro atoms. The second-order valence-electron chi connectivity index (χ2n) is 9.91. The molecule has 0 aliphatic carbocycles. The van der Waals surface area contributed by atoms with Gasteiger partial charge in [0.25, 0.3) is 12.0 Å². The van der Waals surface area contributed by atoms with Crippen LogP contribution in [0.2, 0.25) is 5.02 Å². The van der Waals surface area contributed by atoms with Gasteiger partial charge >= 0.3 is 23.6 Å². The highest BCUT2D eigenvalue weighted by Gasteiger charge is 2.74. The Balaban J connectivity index is 2.49. The lowest BCUT2D eigenvalue weighted by molar-refractivity contribution is -0.241. The van der Waals surface area contributed by atoms with E-state index in [4.69, 9.17) is 42.1 Å².